The van der Waals surface area contributed by atoms with E-state index in [0.717, 1.165) is 42.7 Å². The van der Waals surface area contributed by atoms with E-state index in [1.54, 1.807) is 13.1 Å². The van der Waals surface area contributed by atoms with Gasteiger partial charge in [-0.15, -0.1) is 0 Å². The molecule has 1 heterocycles. The van der Waals surface area contributed by atoms with E-state index < -0.39 is 40.5 Å². The molecular formula is C26H26F4N4O6. The molecule has 10 nitrogen and oxygen atoms in total. The summed E-state index contributed by atoms with van der Waals surface area (Å²) in [6, 6.07) is 12.2. The highest BCUT2D eigenvalue weighted by Crippen LogP contribution is 2.24. The number of carbonyl (C=O) groups excluding carboxylic acids is 2. The number of imidazole rings is 1. The first-order valence-corrected chi connectivity index (χ1v) is 11.9. The smallest absolute Gasteiger partial charge is 0.475 e. The molecule has 0 spiro atoms. The number of nitro groups is 1. The number of H-pyrrole nitrogens is 1. The van der Waals surface area contributed by atoms with Crippen molar-refractivity contribution in [3.05, 3.63) is 82.0 Å². The Kier molecular flexibility index (Phi) is 11.5. The van der Waals surface area contributed by atoms with Crippen LogP contribution in [0, 0.1) is 15.9 Å². The van der Waals surface area contributed by atoms with Gasteiger partial charge in [0.2, 0.25) is 5.82 Å². The number of nitrogens with zero attached hydrogens (tertiary/aromatic N) is 2. The number of aliphatic carboxylic acids is 1. The van der Waals surface area contributed by atoms with E-state index in [2.05, 4.69) is 15.3 Å². The van der Waals surface area contributed by atoms with Crippen LogP contribution in [0.3, 0.4) is 0 Å². The van der Waals surface area contributed by atoms with Crippen LogP contribution in [-0.2, 0) is 9.59 Å². The lowest BCUT2D eigenvalue weighted by Crippen LogP contribution is -2.29. The number of aromatic amines is 1. The van der Waals surface area contributed by atoms with Gasteiger partial charge in [0.15, 0.2) is 0 Å². The van der Waals surface area contributed by atoms with Gasteiger partial charge in [-0.05, 0) is 37.5 Å². The molecule has 0 saturated heterocycles. The van der Waals surface area contributed by atoms with Crippen LogP contribution in [0.4, 0.5) is 23.2 Å². The van der Waals surface area contributed by atoms with E-state index in [1.165, 1.54) is 6.07 Å². The molecule has 14 heteroatoms. The maximum Gasteiger partial charge on any atom is 0.490 e. The van der Waals surface area contributed by atoms with Crippen molar-refractivity contribution in [1.29, 1.82) is 0 Å². The van der Waals surface area contributed by atoms with E-state index >= 15 is 0 Å². The number of carboxylic acid groups (broad SMARTS) is 1. The fraction of sp³-hybridized carbons (Fsp3) is 0.308. The zero-order valence-electron chi connectivity index (χ0n) is 21.2. The maximum absolute atomic E-state index is 14.0. The predicted octanol–water partition coefficient (Wildman–Crippen LogP) is 5.77. The molecule has 0 saturated carbocycles. The number of ketones is 1. The Labute approximate surface area is 225 Å². The zero-order valence-corrected chi connectivity index (χ0v) is 21.2. The summed E-state index contributed by atoms with van der Waals surface area (Å²) in [7, 11) is 0. The Morgan fingerprint density at radius 2 is 1.75 bits per heavy atom. The highest BCUT2D eigenvalue weighted by molar-refractivity contribution is 5.94. The second-order valence-corrected chi connectivity index (χ2v) is 8.60. The summed E-state index contributed by atoms with van der Waals surface area (Å²) in [5.41, 5.74) is 1.03. The molecule has 0 aliphatic heterocycles. The largest absolute Gasteiger partial charge is 0.490 e. The lowest BCUT2D eigenvalue weighted by molar-refractivity contribution is -0.387. The summed E-state index contributed by atoms with van der Waals surface area (Å²) < 4.78 is 45.7. The van der Waals surface area contributed by atoms with Crippen LogP contribution in [0.25, 0.3) is 11.3 Å². The van der Waals surface area contributed by atoms with Gasteiger partial charge in [0.1, 0.15) is 11.6 Å². The van der Waals surface area contributed by atoms with E-state index in [4.69, 9.17) is 9.90 Å². The topological polar surface area (TPSA) is 155 Å². The third-order valence-corrected chi connectivity index (χ3v) is 5.49. The number of halogens is 4. The van der Waals surface area contributed by atoms with Crippen LogP contribution in [0.2, 0.25) is 0 Å². The zero-order chi connectivity index (χ0) is 29.9. The van der Waals surface area contributed by atoms with Crippen molar-refractivity contribution in [2.45, 2.75) is 51.2 Å². The van der Waals surface area contributed by atoms with Crippen molar-refractivity contribution in [2.24, 2.45) is 0 Å². The van der Waals surface area contributed by atoms with Crippen molar-refractivity contribution in [1.82, 2.24) is 15.3 Å². The van der Waals surface area contributed by atoms with Crippen molar-refractivity contribution in [3.8, 4) is 11.3 Å². The van der Waals surface area contributed by atoms with E-state index in [-0.39, 0.29) is 11.3 Å². The highest BCUT2D eigenvalue weighted by Gasteiger charge is 2.38. The van der Waals surface area contributed by atoms with Gasteiger partial charge in [-0.1, -0.05) is 43.2 Å². The number of alkyl halides is 3. The third kappa shape index (κ3) is 9.93. The molecule has 1 amide bonds. The molecule has 0 bridgehead atoms. The summed E-state index contributed by atoms with van der Waals surface area (Å²) in [6.45, 7) is 1.56. The SMILES string of the molecule is CC(=O)CCCCC[C@H](NC(=O)c1ccc([N+](=O)[O-])c(F)c1)c1ncc(-c2ccccc2)[nH]1.O=C(O)C(F)(F)F. The summed E-state index contributed by atoms with van der Waals surface area (Å²) in [5, 5.41) is 20.8. The fourth-order valence-electron chi connectivity index (χ4n) is 3.49. The van der Waals surface area contributed by atoms with E-state index in [1.807, 2.05) is 30.3 Å². The summed E-state index contributed by atoms with van der Waals surface area (Å²) in [6.07, 6.45) is -0.0143. The van der Waals surface area contributed by atoms with Gasteiger partial charge in [-0.25, -0.2) is 9.78 Å². The molecule has 0 aliphatic carbocycles. The second kappa shape index (κ2) is 14.5. The molecule has 1 aromatic heterocycles. The average Bonchev–Trinajstić information content (AvgIpc) is 3.38. The Balaban J connectivity index is 0.000000708. The number of Topliss-reactive ketones (excluding diaryl/α,β-unsaturated/α-hetero) is 1. The second-order valence-electron chi connectivity index (χ2n) is 8.60. The number of unbranched alkanes of at least 4 members (excludes halogenated alkanes) is 2. The number of hydrogen-bond acceptors (Lipinski definition) is 6. The first-order valence-electron chi connectivity index (χ1n) is 11.9. The molecule has 0 unspecified atom stereocenters. The number of carboxylic acids is 1. The number of carbonyl (C=O) groups is 3. The van der Waals surface area contributed by atoms with Gasteiger partial charge in [0, 0.05) is 18.1 Å². The van der Waals surface area contributed by atoms with Gasteiger partial charge >= 0.3 is 17.8 Å². The first kappa shape index (κ1) is 31.6. The standard InChI is InChI=1S/C24H25FN4O4.C2HF3O2/c1-16(30)8-4-2-7-11-20(23-26-15-21(27-23)17-9-5-3-6-10-17)28-24(31)18-12-13-22(29(32)33)19(25)14-18;3-2(4,5)1(6)7/h3,5-6,9-10,12-15,20H,2,4,7-8,11H2,1H3,(H,26,27)(H,28,31);(H,6,7)/t20-;/m0./s1. The van der Waals surface area contributed by atoms with Crippen molar-refractivity contribution in [3.63, 3.8) is 0 Å². The van der Waals surface area contributed by atoms with Gasteiger partial charge < -0.3 is 20.2 Å². The Bertz CT molecular complexity index is 1330. The molecule has 2 aromatic carbocycles. The van der Waals surface area contributed by atoms with Crippen LogP contribution < -0.4 is 5.32 Å². The molecular weight excluding hydrogens is 540 g/mol. The van der Waals surface area contributed by atoms with Gasteiger partial charge in [-0.2, -0.15) is 17.6 Å². The molecule has 0 aliphatic rings. The summed E-state index contributed by atoms with van der Waals surface area (Å²) in [5.74, 6) is -3.70. The average molecular weight is 567 g/mol. The third-order valence-electron chi connectivity index (χ3n) is 5.49. The number of rotatable bonds is 11. The lowest BCUT2D eigenvalue weighted by Gasteiger charge is -2.17. The van der Waals surface area contributed by atoms with Crippen LogP contribution in [0.1, 0.15) is 61.3 Å². The summed E-state index contributed by atoms with van der Waals surface area (Å²) in [4.78, 5) is 50.5. The quantitative estimate of drug-likeness (QED) is 0.115. The number of nitrogens with one attached hydrogen (secondary N) is 2. The van der Waals surface area contributed by atoms with Gasteiger partial charge in [-0.3, -0.25) is 14.9 Å². The maximum atomic E-state index is 14.0. The predicted molar refractivity (Wildman–Crippen MR) is 135 cm³/mol. The van der Waals surface area contributed by atoms with Crippen molar-refractivity contribution < 1.29 is 42.0 Å². The van der Waals surface area contributed by atoms with Gasteiger partial charge in [0.05, 0.1) is 22.9 Å². The van der Waals surface area contributed by atoms with E-state index in [9.17, 15) is 37.3 Å². The number of nitro benzene ring substituents is 1. The lowest BCUT2D eigenvalue weighted by atomic mass is 10.0. The Morgan fingerprint density at radius 1 is 1.10 bits per heavy atom. The molecule has 1 atom stereocenters. The van der Waals surface area contributed by atoms with Crippen LogP contribution in [0.5, 0.6) is 0 Å². The van der Waals surface area contributed by atoms with Crippen LogP contribution in [-0.4, -0.2) is 43.8 Å². The Morgan fingerprint density at radius 3 is 2.30 bits per heavy atom. The monoisotopic (exact) mass is 566 g/mol. The molecule has 214 valence electrons. The molecule has 3 rings (SSSR count). The molecule has 3 N–H and O–H groups in total. The number of benzene rings is 2. The number of aromatic nitrogens is 2. The van der Waals surface area contributed by atoms with Crippen molar-refractivity contribution in [2.75, 3.05) is 0 Å². The minimum Gasteiger partial charge on any atom is -0.475 e. The highest BCUT2D eigenvalue weighted by atomic mass is 19.4. The van der Waals surface area contributed by atoms with Crippen molar-refractivity contribution >= 4 is 23.3 Å². The number of amides is 1. The summed E-state index contributed by atoms with van der Waals surface area (Å²) >= 11 is 0. The minimum absolute atomic E-state index is 0.0190. The van der Waals surface area contributed by atoms with Gasteiger partial charge in [0.25, 0.3) is 5.91 Å². The first-order chi connectivity index (χ1) is 18.8. The molecule has 0 radical (unpaired) electrons. The van der Waals surface area contributed by atoms with Crippen LogP contribution >= 0.6 is 0 Å². The van der Waals surface area contributed by atoms with Crippen LogP contribution in [0.15, 0.2) is 54.7 Å². The minimum atomic E-state index is -5.08. The molecule has 40 heavy (non-hydrogen) atoms. The molecule has 3 aromatic rings. The Hall–Kier alpha value is -4.62. The van der Waals surface area contributed by atoms with E-state index in [0.29, 0.717) is 18.7 Å². The fourth-order valence-corrected chi connectivity index (χ4v) is 3.49. The normalized spacial score (nSPS) is 11.6. The molecule has 0 fully saturated rings. The number of hydrogen-bond donors (Lipinski definition) is 3.